The van der Waals surface area contributed by atoms with Crippen molar-refractivity contribution in [2.45, 2.75) is 4.90 Å². The molecule has 2 heterocycles. The molecule has 1 aromatic carbocycles. The van der Waals surface area contributed by atoms with Crippen LogP contribution in [0.1, 0.15) is 5.56 Å². The summed E-state index contributed by atoms with van der Waals surface area (Å²) in [7, 11) is 0. The average molecular weight is 312 g/mol. The third-order valence-electron chi connectivity index (χ3n) is 2.90. The van der Waals surface area contributed by atoms with Crippen molar-refractivity contribution in [3.63, 3.8) is 0 Å². The first-order valence-corrected chi connectivity index (χ1v) is 7.47. The predicted octanol–water partition coefficient (Wildman–Crippen LogP) is 3.53. The summed E-state index contributed by atoms with van der Waals surface area (Å²) in [5, 5.41) is 12.9. The van der Waals surface area contributed by atoms with Gasteiger partial charge >= 0.3 is 0 Å². The van der Waals surface area contributed by atoms with Crippen molar-refractivity contribution < 1.29 is 8.91 Å². The topological polar surface area (TPSA) is 75.6 Å². The number of hydrogen-bond donors (Lipinski definition) is 0. The number of halogens is 1. The second kappa shape index (κ2) is 5.95. The number of rotatable bonds is 3. The highest BCUT2D eigenvalue weighted by Crippen LogP contribution is 2.26. The van der Waals surface area contributed by atoms with Crippen molar-refractivity contribution in [2.75, 3.05) is 6.26 Å². The molecule has 22 heavy (non-hydrogen) atoms. The largest absolute Gasteiger partial charge is 0.334 e. The van der Waals surface area contributed by atoms with E-state index in [0.717, 1.165) is 11.1 Å². The Bertz CT molecular complexity index is 855. The molecule has 0 unspecified atom stereocenters. The van der Waals surface area contributed by atoms with Crippen LogP contribution in [0.2, 0.25) is 0 Å². The highest BCUT2D eigenvalue weighted by atomic mass is 32.2. The van der Waals surface area contributed by atoms with Crippen LogP contribution >= 0.6 is 11.8 Å². The number of nitrogens with zero attached hydrogens (tertiary/aromatic N) is 4. The zero-order chi connectivity index (χ0) is 15.5. The molecule has 3 rings (SSSR count). The number of aromatic nitrogens is 3. The van der Waals surface area contributed by atoms with E-state index in [1.165, 1.54) is 23.9 Å². The second-order valence-corrected chi connectivity index (χ2v) is 5.23. The molecular formula is C15H9FN4OS. The Balaban J connectivity index is 2.00. The molecule has 0 aliphatic rings. The van der Waals surface area contributed by atoms with Gasteiger partial charge in [0.25, 0.3) is 5.89 Å². The van der Waals surface area contributed by atoms with Gasteiger partial charge in [0.15, 0.2) is 0 Å². The third kappa shape index (κ3) is 2.82. The second-order valence-electron chi connectivity index (χ2n) is 4.35. The van der Waals surface area contributed by atoms with Gasteiger partial charge in [-0.15, -0.1) is 11.8 Å². The van der Waals surface area contributed by atoms with Gasteiger partial charge in [0.2, 0.25) is 5.82 Å². The Labute approximate surface area is 129 Å². The molecule has 0 N–H and O–H groups in total. The lowest BCUT2D eigenvalue weighted by atomic mass is 10.1. The summed E-state index contributed by atoms with van der Waals surface area (Å²) in [5.74, 6) is 0.121. The summed E-state index contributed by atoms with van der Waals surface area (Å²) in [6.45, 7) is 0. The molecule has 0 bridgehead atoms. The Hall–Kier alpha value is -2.72. The summed E-state index contributed by atoms with van der Waals surface area (Å²) in [4.78, 5) is 9.08. The number of hydrogen-bond acceptors (Lipinski definition) is 6. The molecule has 2 aromatic heterocycles. The molecule has 5 nitrogen and oxygen atoms in total. The van der Waals surface area contributed by atoms with Crippen molar-refractivity contribution in [2.24, 2.45) is 0 Å². The van der Waals surface area contributed by atoms with E-state index in [-0.39, 0.29) is 11.7 Å². The Kier molecular flexibility index (Phi) is 3.85. The lowest BCUT2D eigenvalue weighted by molar-refractivity contribution is 0.432. The molecule has 7 heteroatoms. The Morgan fingerprint density at radius 2 is 2.14 bits per heavy atom. The lowest BCUT2D eigenvalue weighted by Crippen LogP contribution is -1.87. The molecular weight excluding hydrogens is 303 g/mol. The fourth-order valence-electron chi connectivity index (χ4n) is 1.86. The quantitative estimate of drug-likeness (QED) is 0.689. The summed E-state index contributed by atoms with van der Waals surface area (Å²) in [6.07, 6.45) is 3.01. The van der Waals surface area contributed by atoms with Gasteiger partial charge in [-0.3, -0.25) is 0 Å². The normalized spacial score (nSPS) is 10.4. The van der Waals surface area contributed by atoms with Crippen molar-refractivity contribution in [1.29, 1.82) is 5.26 Å². The molecule has 0 aliphatic heterocycles. The Morgan fingerprint density at radius 3 is 2.82 bits per heavy atom. The molecule has 3 aromatic rings. The van der Waals surface area contributed by atoms with E-state index in [1.807, 2.05) is 12.3 Å². The standard InChI is InChI=1S/C15H9FN4OS/c1-22-12-5-9(7-17)4-10(6-12)15-19-14(20-21-15)13-3-2-11(16)8-18-13/h2-6,8H,1H3. The molecule has 0 radical (unpaired) electrons. The summed E-state index contributed by atoms with van der Waals surface area (Å²) < 4.78 is 18.1. The van der Waals surface area contributed by atoms with Gasteiger partial charge in [-0.2, -0.15) is 10.2 Å². The molecule has 0 spiro atoms. The monoisotopic (exact) mass is 312 g/mol. The SMILES string of the molecule is CSc1cc(C#N)cc(-c2nc(-c3ccc(F)cn3)no2)c1. The van der Waals surface area contributed by atoms with Crippen LogP contribution in [-0.2, 0) is 0 Å². The highest BCUT2D eigenvalue weighted by Gasteiger charge is 2.13. The first-order valence-electron chi connectivity index (χ1n) is 6.25. The van der Waals surface area contributed by atoms with Crippen LogP contribution in [0.4, 0.5) is 4.39 Å². The van der Waals surface area contributed by atoms with E-state index in [2.05, 4.69) is 21.2 Å². The van der Waals surface area contributed by atoms with E-state index in [0.29, 0.717) is 16.8 Å². The molecule has 0 atom stereocenters. The zero-order valence-electron chi connectivity index (χ0n) is 11.4. The maximum absolute atomic E-state index is 12.9. The molecule has 0 aliphatic carbocycles. The number of thioether (sulfide) groups is 1. The van der Waals surface area contributed by atoms with Crippen LogP contribution in [0, 0.1) is 17.1 Å². The van der Waals surface area contributed by atoms with Gasteiger partial charge in [0.05, 0.1) is 17.8 Å². The summed E-state index contributed by atoms with van der Waals surface area (Å²) >= 11 is 1.52. The maximum Gasteiger partial charge on any atom is 0.258 e. The Morgan fingerprint density at radius 1 is 1.27 bits per heavy atom. The summed E-state index contributed by atoms with van der Waals surface area (Å²) in [6, 6.07) is 10.2. The average Bonchev–Trinajstić information content (AvgIpc) is 3.05. The fraction of sp³-hybridized carbons (Fsp3) is 0.0667. The fourth-order valence-corrected chi connectivity index (χ4v) is 2.35. The lowest BCUT2D eigenvalue weighted by Gasteiger charge is -2.00. The first-order chi connectivity index (χ1) is 10.7. The molecule has 0 saturated heterocycles. The zero-order valence-corrected chi connectivity index (χ0v) is 12.3. The van der Waals surface area contributed by atoms with E-state index in [4.69, 9.17) is 9.78 Å². The van der Waals surface area contributed by atoms with Gasteiger partial charge < -0.3 is 4.52 Å². The predicted molar refractivity (Wildman–Crippen MR) is 79.4 cm³/mol. The van der Waals surface area contributed by atoms with E-state index >= 15 is 0 Å². The minimum atomic E-state index is -0.432. The van der Waals surface area contributed by atoms with Crippen LogP contribution in [0.15, 0.2) is 45.9 Å². The van der Waals surface area contributed by atoms with Crippen molar-refractivity contribution >= 4 is 11.8 Å². The van der Waals surface area contributed by atoms with E-state index in [9.17, 15) is 4.39 Å². The van der Waals surface area contributed by atoms with Crippen LogP contribution in [0.25, 0.3) is 23.0 Å². The number of pyridine rings is 1. The summed E-state index contributed by atoms with van der Waals surface area (Å²) in [5.41, 5.74) is 1.59. The van der Waals surface area contributed by atoms with Gasteiger partial charge in [-0.1, -0.05) is 5.16 Å². The van der Waals surface area contributed by atoms with Crippen molar-refractivity contribution in [3.05, 3.63) is 47.9 Å². The molecule has 0 saturated carbocycles. The smallest absolute Gasteiger partial charge is 0.258 e. The molecule has 108 valence electrons. The van der Waals surface area contributed by atoms with E-state index in [1.54, 1.807) is 12.1 Å². The molecule has 0 amide bonds. The third-order valence-corrected chi connectivity index (χ3v) is 3.61. The van der Waals surface area contributed by atoms with Gasteiger partial charge in [-0.25, -0.2) is 9.37 Å². The van der Waals surface area contributed by atoms with Crippen molar-refractivity contribution in [3.8, 4) is 29.0 Å². The number of benzene rings is 1. The van der Waals surface area contributed by atoms with Crippen LogP contribution < -0.4 is 0 Å². The van der Waals surface area contributed by atoms with Crippen LogP contribution in [0.3, 0.4) is 0 Å². The van der Waals surface area contributed by atoms with Crippen LogP contribution in [0.5, 0.6) is 0 Å². The highest BCUT2D eigenvalue weighted by molar-refractivity contribution is 7.98. The molecule has 0 fully saturated rings. The minimum Gasteiger partial charge on any atom is -0.334 e. The van der Waals surface area contributed by atoms with Gasteiger partial charge in [-0.05, 0) is 36.6 Å². The number of nitriles is 1. The van der Waals surface area contributed by atoms with Gasteiger partial charge in [0, 0.05) is 10.5 Å². The first kappa shape index (κ1) is 14.2. The maximum atomic E-state index is 12.9. The van der Waals surface area contributed by atoms with Gasteiger partial charge in [0.1, 0.15) is 11.5 Å². The van der Waals surface area contributed by atoms with E-state index < -0.39 is 5.82 Å². The van der Waals surface area contributed by atoms with Crippen LogP contribution in [-0.4, -0.2) is 21.4 Å². The minimum absolute atomic E-state index is 0.267. The van der Waals surface area contributed by atoms with Crippen molar-refractivity contribution in [1.82, 2.24) is 15.1 Å².